The highest BCUT2D eigenvalue weighted by Crippen LogP contribution is 2.20. The Morgan fingerprint density at radius 3 is 3.22 bits per heavy atom. The molecule has 18 heavy (non-hydrogen) atoms. The third-order valence-corrected chi connectivity index (χ3v) is 2.92. The van der Waals surface area contributed by atoms with Gasteiger partial charge in [0.15, 0.2) is 5.69 Å². The Morgan fingerprint density at radius 1 is 1.72 bits per heavy atom. The van der Waals surface area contributed by atoms with Gasteiger partial charge in [-0.05, 0) is 19.3 Å². The molecular formula is C12H18N2O4. The summed E-state index contributed by atoms with van der Waals surface area (Å²) >= 11 is 0. The molecule has 0 amide bonds. The van der Waals surface area contributed by atoms with E-state index < -0.39 is 5.97 Å². The first kappa shape index (κ1) is 12.9. The van der Waals surface area contributed by atoms with Gasteiger partial charge >= 0.3 is 5.97 Å². The van der Waals surface area contributed by atoms with Gasteiger partial charge in [0, 0.05) is 19.7 Å². The maximum absolute atomic E-state index is 10.7. The summed E-state index contributed by atoms with van der Waals surface area (Å²) in [6.07, 6.45) is 4.38. The molecule has 6 nitrogen and oxygen atoms in total. The number of hydrogen-bond donors (Lipinski definition) is 1. The van der Waals surface area contributed by atoms with Gasteiger partial charge in [-0.3, -0.25) is 0 Å². The van der Waals surface area contributed by atoms with E-state index in [1.165, 1.54) is 6.26 Å². The molecule has 2 heterocycles. The van der Waals surface area contributed by atoms with Crippen LogP contribution in [0.1, 0.15) is 36.7 Å². The van der Waals surface area contributed by atoms with Crippen LogP contribution in [-0.4, -0.2) is 41.9 Å². The maximum Gasteiger partial charge on any atom is 0.357 e. The molecule has 0 saturated carbocycles. The summed E-state index contributed by atoms with van der Waals surface area (Å²) in [6, 6.07) is 0.372. The predicted octanol–water partition coefficient (Wildman–Crippen LogP) is 1.77. The smallest absolute Gasteiger partial charge is 0.357 e. The average molecular weight is 254 g/mol. The van der Waals surface area contributed by atoms with Crippen LogP contribution in [0, 0.1) is 0 Å². The van der Waals surface area contributed by atoms with Gasteiger partial charge in [-0.25, -0.2) is 4.79 Å². The van der Waals surface area contributed by atoms with Gasteiger partial charge < -0.3 is 19.2 Å². The van der Waals surface area contributed by atoms with Crippen LogP contribution in [0.2, 0.25) is 0 Å². The molecule has 0 radical (unpaired) electrons. The lowest BCUT2D eigenvalue weighted by Gasteiger charge is -2.31. The summed E-state index contributed by atoms with van der Waals surface area (Å²) in [6.45, 7) is 4.36. The van der Waals surface area contributed by atoms with Crippen molar-refractivity contribution in [3.05, 3.63) is 12.0 Å². The normalized spacial score (nSPS) is 20.1. The fourth-order valence-corrected chi connectivity index (χ4v) is 2.04. The fourth-order valence-electron chi connectivity index (χ4n) is 2.04. The van der Waals surface area contributed by atoms with Crippen LogP contribution >= 0.6 is 0 Å². The molecule has 1 aliphatic rings. The van der Waals surface area contributed by atoms with E-state index in [4.69, 9.17) is 14.3 Å². The molecule has 2 rings (SSSR count). The molecule has 0 bridgehead atoms. The van der Waals surface area contributed by atoms with E-state index in [0.29, 0.717) is 12.6 Å². The number of hydrogen-bond acceptors (Lipinski definition) is 5. The molecule has 6 heteroatoms. The Bertz CT molecular complexity index is 405. The van der Waals surface area contributed by atoms with Gasteiger partial charge in [0.05, 0.1) is 6.10 Å². The highest BCUT2D eigenvalue weighted by Gasteiger charge is 2.24. The summed E-state index contributed by atoms with van der Waals surface area (Å²) in [4.78, 5) is 16.6. The van der Waals surface area contributed by atoms with E-state index in [0.717, 1.165) is 32.4 Å². The van der Waals surface area contributed by atoms with E-state index in [2.05, 4.69) is 11.9 Å². The molecule has 1 fully saturated rings. The minimum Gasteiger partial charge on any atom is -0.476 e. The number of oxazole rings is 1. The summed E-state index contributed by atoms with van der Waals surface area (Å²) in [5.74, 6) is -1.07. The number of carboxylic acid groups (broad SMARTS) is 1. The zero-order chi connectivity index (χ0) is 13.0. The van der Waals surface area contributed by atoms with Crippen LogP contribution in [0.5, 0.6) is 0 Å². The molecule has 0 aromatic carbocycles. The van der Waals surface area contributed by atoms with Crippen molar-refractivity contribution in [3.63, 3.8) is 0 Å². The molecule has 0 spiro atoms. The molecule has 1 aromatic rings. The Hall–Kier alpha value is -1.56. The molecule has 0 aliphatic carbocycles. The lowest BCUT2D eigenvalue weighted by molar-refractivity contribution is 0.0431. The van der Waals surface area contributed by atoms with Gasteiger partial charge in [-0.2, -0.15) is 4.98 Å². The number of ether oxygens (including phenoxy) is 1. The number of nitrogens with zero attached hydrogens (tertiary/aromatic N) is 2. The standard InChI is InChI=1S/C12H18N2O4/c1-2-6-17-9-4-3-5-14(7-9)12-13-10(8-18-12)11(15)16/h8-9H,2-7H2,1H3,(H,15,16). The van der Waals surface area contributed by atoms with Gasteiger partial charge in [0.2, 0.25) is 0 Å². The highest BCUT2D eigenvalue weighted by molar-refractivity contribution is 5.85. The SMILES string of the molecule is CCCOC1CCCN(c2nc(C(=O)O)co2)C1. The third-order valence-electron chi connectivity index (χ3n) is 2.92. The molecule has 1 atom stereocenters. The quantitative estimate of drug-likeness (QED) is 0.863. The number of anilines is 1. The average Bonchev–Trinajstić information content (AvgIpc) is 2.86. The fraction of sp³-hybridized carbons (Fsp3) is 0.667. The largest absolute Gasteiger partial charge is 0.476 e. The summed E-state index contributed by atoms with van der Waals surface area (Å²) in [5.41, 5.74) is -0.0541. The van der Waals surface area contributed by atoms with E-state index >= 15 is 0 Å². The number of carbonyl (C=O) groups is 1. The number of aromatic carboxylic acids is 1. The molecule has 100 valence electrons. The first-order valence-electron chi connectivity index (χ1n) is 6.26. The molecule has 1 aromatic heterocycles. The van der Waals surface area contributed by atoms with Crippen LogP contribution in [-0.2, 0) is 4.74 Å². The summed E-state index contributed by atoms with van der Waals surface area (Å²) in [7, 11) is 0. The second kappa shape index (κ2) is 5.86. The van der Waals surface area contributed by atoms with Crippen LogP contribution in [0.15, 0.2) is 10.7 Å². The van der Waals surface area contributed by atoms with Crippen molar-refractivity contribution in [2.45, 2.75) is 32.3 Å². The number of aromatic nitrogens is 1. The van der Waals surface area contributed by atoms with E-state index in [1.54, 1.807) is 0 Å². The van der Waals surface area contributed by atoms with Crippen molar-refractivity contribution >= 4 is 12.0 Å². The lowest BCUT2D eigenvalue weighted by Crippen LogP contribution is -2.40. The van der Waals surface area contributed by atoms with Crippen molar-refractivity contribution in [3.8, 4) is 0 Å². The first-order valence-corrected chi connectivity index (χ1v) is 6.26. The molecule has 1 aliphatic heterocycles. The first-order chi connectivity index (χ1) is 8.70. The second-order valence-electron chi connectivity index (χ2n) is 4.40. The molecule has 1 unspecified atom stereocenters. The van der Waals surface area contributed by atoms with E-state index in [9.17, 15) is 4.79 Å². The zero-order valence-corrected chi connectivity index (χ0v) is 10.5. The zero-order valence-electron chi connectivity index (χ0n) is 10.5. The Labute approximate surface area is 106 Å². The topological polar surface area (TPSA) is 75.8 Å². The maximum atomic E-state index is 10.7. The Balaban J connectivity index is 1.96. The number of rotatable bonds is 5. The van der Waals surface area contributed by atoms with Crippen molar-refractivity contribution in [1.82, 2.24) is 4.98 Å². The lowest BCUT2D eigenvalue weighted by atomic mass is 10.1. The van der Waals surface area contributed by atoms with Crippen LogP contribution in [0.3, 0.4) is 0 Å². The van der Waals surface area contributed by atoms with Crippen molar-refractivity contribution in [2.24, 2.45) is 0 Å². The number of piperidine rings is 1. The molecule has 1 N–H and O–H groups in total. The Kier molecular flexibility index (Phi) is 4.19. The van der Waals surface area contributed by atoms with Crippen LogP contribution in [0.25, 0.3) is 0 Å². The highest BCUT2D eigenvalue weighted by atomic mass is 16.5. The van der Waals surface area contributed by atoms with Gasteiger partial charge in [-0.15, -0.1) is 0 Å². The monoisotopic (exact) mass is 254 g/mol. The van der Waals surface area contributed by atoms with Crippen molar-refractivity contribution in [2.75, 3.05) is 24.6 Å². The van der Waals surface area contributed by atoms with E-state index in [1.807, 2.05) is 4.90 Å². The minimum atomic E-state index is -1.07. The van der Waals surface area contributed by atoms with Crippen molar-refractivity contribution in [1.29, 1.82) is 0 Å². The van der Waals surface area contributed by atoms with E-state index in [-0.39, 0.29) is 11.8 Å². The minimum absolute atomic E-state index is 0.0541. The van der Waals surface area contributed by atoms with Gasteiger partial charge in [0.25, 0.3) is 6.01 Å². The van der Waals surface area contributed by atoms with Gasteiger partial charge in [0.1, 0.15) is 6.26 Å². The predicted molar refractivity (Wildman–Crippen MR) is 64.9 cm³/mol. The van der Waals surface area contributed by atoms with Crippen LogP contribution < -0.4 is 4.90 Å². The van der Waals surface area contributed by atoms with Crippen molar-refractivity contribution < 1.29 is 19.1 Å². The van der Waals surface area contributed by atoms with Crippen LogP contribution in [0.4, 0.5) is 6.01 Å². The number of carboxylic acids is 1. The molecular weight excluding hydrogens is 236 g/mol. The Morgan fingerprint density at radius 2 is 2.56 bits per heavy atom. The summed E-state index contributed by atoms with van der Waals surface area (Å²) in [5, 5.41) is 8.80. The summed E-state index contributed by atoms with van der Waals surface area (Å²) < 4.78 is 10.9. The van der Waals surface area contributed by atoms with Gasteiger partial charge in [-0.1, -0.05) is 6.92 Å². The molecule has 1 saturated heterocycles. The third kappa shape index (κ3) is 3.01. The second-order valence-corrected chi connectivity index (χ2v) is 4.40.